The molecular formula is C19H20ClFN2O. The normalized spacial score (nSPS) is 17.5. The molecule has 1 aliphatic heterocycles. The number of amides is 2. The zero-order chi connectivity index (χ0) is 17.3. The van der Waals surface area contributed by atoms with Crippen molar-refractivity contribution in [3.63, 3.8) is 0 Å². The first-order valence-electron chi connectivity index (χ1n) is 8.05. The highest BCUT2D eigenvalue weighted by Crippen LogP contribution is 2.34. The van der Waals surface area contributed by atoms with Gasteiger partial charge in [0, 0.05) is 6.54 Å². The molecule has 5 heteroatoms. The molecule has 2 aromatic carbocycles. The number of halogens is 2. The van der Waals surface area contributed by atoms with Crippen LogP contribution in [-0.2, 0) is 6.42 Å². The van der Waals surface area contributed by atoms with Crippen molar-refractivity contribution >= 4 is 23.3 Å². The topological polar surface area (TPSA) is 32.3 Å². The van der Waals surface area contributed by atoms with Gasteiger partial charge in [0.2, 0.25) is 0 Å². The highest BCUT2D eigenvalue weighted by molar-refractivity contribution is 6.34. The Kier molecular flexibility index (Phi) is 4.76. The van der Waals surface area contributed by atoms with Gasteiger partial charge in [-0.1, -0.05) is 55.8 Å². The lowest BCUT2D eigenvalue weighted by Crippen LogP contribution is -2.31. The lowest BCUT2D eigenvalue weighted by molar-refractivity contribution is 0.249. The predicted octanol–water partition coefficient (Wildman–Crippen LogP) is 4.62. The van der Waals surface area contributed by atoms with Gasteiger partial charge in [-0.15, -0.1) is 0 Å². The quantitative estimate of drug-likeness (QED) is 0.860. The number of nitrogens with one attached hydrogen (secondary N) is 1. The largest absolute Gasteiger partial charge is 0.333 e. The Morgan fingerprint density at radius 3 is 2.62 bits per heavy atom. The first-order chi connectivity index (χ1) is 11.5. The zero-order valence-electron chi connectivity index (χ0n) is 13.7. The molecule has 24 heavy (non-hydrogen) atoms. The maximum atomic E-state index is 14.1. The fourth-order valence-electron chi connectivity index (χ4n) is 2.92. The molecule has 1 fully saturated rings. The van der Waals surface area contributed by atoms with Crippen molar-refractivity contribution < 1.29 is 9.18 Å². The second-order valence-electron chi connectivity index (χ2n) is 6.47. The Bertz CT molecular complexity index is 749. The lowest BCUT2D eigenvalue weighted by atomic mass is 10.0. The summed E-state index contributed by atoms with van der Waals surface area (Å²) in [7, 11) is 0. The molecular weight excluding hydrogens is 327 g/mol. The molecule has 3 nitrogen and oxygen atoms in total. The van der Waals surface area contributed by atoms with Crippen molar-refractivity contribution in [1.82, 2.24) is 5.32 Å². The molecule has 3 rings (SSSR count). The second-order valence-corrected chi connectivity index (χ2v) is 6.85. The van der Waals surface area contributed by atoms with E-state index >= 15 is 0 Å². The van der Waals surface area contributed by atoms with Crippen LogP contribution >= 0.6 is 11.6 Å². The number of hydrogen-bond donors (Lipinski definition) is 1. The molecule has 1 aliphatic rings. The smallest absolute Gasteiger partial charge is 0.322 e. The molecule has 0 bridgehead atoms. The van der Waals surface area contributed by atoms with Gasteiger partial charge in [0.1, 0.15) is 5.82 Å². The third kappa shape index (κ3) is 3.39. The van der Waals surface area contributed by atoms with Crippen LogP contribution in [0.2, 0.25) is 5.02 Å². The van der Waals surface area contributed by atoms with Gasteiger partial charge in [0.05, 0.1) is 16.8 Å². The van der Waals surface area contributed by atoms with E-state index in [-0.39, 0.29) is 17.9 Å². The molecule has 0 spiro atoms. The Hall–Kier alpha value is -2.07. The molecule has 0 aromatic heterocycles. The molecule has 0 saturated carbocycles. The fraction of sp³-hybridized carbons (Fsp3) is 0.316. The van der Waals surface area contributed by atoms with Crippen molar-refractivity contribution in [2.24, 2.45) is 5.92 Å². The number of carbonyl (C=O) groups is 1. The van der Waals surface area contributed by atoms with Crippen LogP contribution in [-0.4, -0.2) is 18.6 Å². The summed E-state index contributed by atoms with van der Waals surface area (Å²) in [5.74, 6) is -0.0869. The maximum absolute atomic E-state index is 14.1. The average Bonchev–Trinajstić information content (AvgIpc) is 2.93. The fourth-order valence-corrected chi connectivity index (χ4v) is 3.20. The van der Waals surface area contributed by atoms with E-state index in [1.807, 2.05) is 44.2 Å². The van der Waals surface area contributed by atoms with Gasteiger partial charge in [0.25, 0.3) is 0 Å². The first-order valence-corrected chi connectivity index (χ1v) is 8.43. The molecule has 1 heterocycles. The molecule has 1 atom stereocenters. The minimum atomic E-state index is -0.388. The summed E-state index contributed by atoms with van der Waals surface area (Å²) in [5.41, 5.74) is 2.16. The van der Waals surface area contributed by atoms with Crippen LogP contribution < -0.4 is 10.2 Å². The van der Waals surface area contributed by atoms with Gasteiger partial charge in [-0.3, -0.25) is 4.90 Å². The van der Waals surface area contributed by atoms with Gasteiger partial charge >= 0.3 is 6.03 Å². The first kappa shape index (κ1) is 16.8. The van der Waals surface area contributed by atoms with Gasteiger partial charge in [-0.25, -0.2) is 9.18 Å². The maximum Gasteiger partial charge on any atom is 0.322 e. The van der Waals surface area contributed by atoms with Crippen LogP contribution in [0.15, 0.2) is 42.5 Å². The Morgan fingerprint density at radius 1 is 1.29 bits per heavy atom. The van der Waals surface area contributed by atoms with Gasteiger partial charge in [-0.2, -0.15) is 0 Å². The van der Waals surface area contributed by atoms with Crippen molar-refractivity contribution in [3.05, 3.63) is 64.4 Å². The lowest BCUT2D eigenvalue weighted by Gasteiger charge is -2.19. The SMILES string of the molecule is CC(C)C1CN(c2cc(F)cc(Cc3ccccc3)c2Cl)C(=O)N1. The Labute approximate surface area is 146 Å². The van der Waals surface area contributed by atoms with E-state index < -0.39 is 0 Å². The average molecular weight is 347 g/mol. The van der Waals surface area contributed by atoms with Crippen LogP contribution in [0.1, 0.15) is 25.0 Å². The molecule has 1 N–H and O–H groups in total. The van der Waals surface area contributed by atoms with E-state index in [1.54, 1.807) is 0 Å². The van der Waals surface area contributed by atoms with Crippen LogP contribution in [0, 0.1) is 11.7 Å². The summed E-state index contributed by atoms with van der Waals surface area (Å²) in [4.78, 5) is 13.8. The summed E-state index contributed by atoms with van der Waals surface area (Å²) in [6.45, 7) is 4.58. The van der Waals surface area contributed by atoms with Gasteiger partial charge in [-0.05, 0) is 35.6 Å². The molecule has 2 amide bonds. The van der Waals surface area contributed by atoms with E-state index in [9.17, 15) is 9.18 Å². The van der Waals surface area contributed by atoms with Crippen LogP contribution in [0.5, 0.6) is 0 Å². The van der Waals surface area contributed by atoms with Crippen LogP contribution in [0.3, 0.4) is 0 Å². The highest BCUT2D eigenvalue weighted by atomic mass is 35.5. The van der Waals surface area contributed by atoms with Crippen molar-refractivity contribution in [2.75, 3.05) is 11.4 Å². The molecule has 1 saturated heterocycles. The number of urea groups is 1. The molecule has 0 radical (unpaired) electrons. The van der Waals surface area contributed by atoms with E-state index in [0.717, 1.165) is 5.56 Å². The third-order valence-corrected chi connectivity index (χ3v) is 4.80. The van der Waals surface area contributed by atoms with Crippen molar-refractivity contribution in [2.45, 2.75) is 26.3 Å². The zero-order valence-corrected chi connectivity index (χ0v) is 14.5. The van der Waals surface area contributed by atoms with Gasteiger partial charge < -0.3 is 5.32 Å². The van der Waals surface area contributed by atoms with E-state index in [0.29, 0.717) is 35.2 Å². The van der Waals surface area contributed by atoms with Crippen LogP contribution in [0.4, 0.5) is 14.9 Å². The summed E-state index contributed by atoms with van der Waals surface area (Å²) in [5, 5.41) is 3.35. The van der Waals surface area contributed by atoms with Crippen molar-refractivity contribution in [1.29, 1.82) is 0 Å². The monoisotopic (exact) mass is 346 g/mol. The Morgan fingerprint density at radius 2 is 2.00 bits per heavy atom. The second kappa shape index (κ2) is 6.81. The standard InChI is InChI=1S/C19H20ClFN2O/c1-12(2)16-11-23(19(24)22-16)17-10-15(21)9-14(18(17)20)8-13-6-4-3-5-7-13/h3-7,9-10,12,16H,8,11H2,1-2H3,(H,22,24). The number of hydrogen-bond acceptors (Lipinski definition) is 1. The number of anilines is 1. The number of nitrogens with zero attached hydrogens (tertiary/aromatic N) is 1. The summed E-state index contributed by atoms with van der Waals surface area (Å²) in [6, 6.07) is 12.3. The highest BCUT2D eigenvalue weighted by Gasteiger charge is 2.33. The van der Waals surface area contributed by atoms with Gasteiger partial charge in [0.15, 0.2) is 0 Å². The summed E-state index contributed by atoms with van der Waals surface area (Å²) < 4.78 is 14.1. The molecule has 2 aromatic rings. The van der Waals surface area contributed by atoms with Crippen LogP contribution in [0.25, 0.3) is 0 Å². The predicted molar refractivity (Wildman–Crippen MR) is 95.2 cm³/mol. The van der Waals surface area contributed by atoms with E-state index in [2.05, 4.69) is 5.32 Å². The third-order valence-electron chi connectivity index (χ3n) is 4.36. The number of carbonyl (C=O) groups excluding carboxylic acids is 1. The Balaban J connectivity index is 1.93. The molecule has 0 aliphatic carbocycles. The minimum Gasteiger partial charge on any atom is -0.333 e. The molecule has 126 valence electrons. The van der Waals surface area contributed by atoms with E-state index in [4.69, 9.17) is 11.6 Å². The minimum absolute atomic E-state index is 0.0365. The molecule has 1 unspecified atom stereocenters. The summed E-state index contributed by atoms with van der Waals surface area (Å²) in [6.07, 6.45) is 0.521. The summed E-state index contributed by atoms with van der Waals surface area (Å²) >= 11 is 6.51. The number of rotatable bonds is 4. The number of benzene rings is 2. The van der Waals surface area contributed by atoms with Crippen molar-refractivity contribution in [3.8, 4) is 0 Å². The van der Waals surface area contributed by atoms with E-state index in [1.165, 1.54) is 17.0 Å².